The second-order valence-electron chi connectivity index (χ2n) is 8.25. The molecule has 10 heteroatoms. The third-order valence-electron chi connectivity index (χ3n) is 6.33. The van der Waals surface area contributed by atoms with Gasteiger partial charge in [0.15, 0.2) is 11.5 Å². The Bertz CT molecular complexity index is 1510. The number of carbonyl (C=O) groups excluding carboxylic acids is 1. The van der Waals surface area contributed by atoms with Gasteiger partial charge in [0.25, 0.3) is 5.79 Å². The Morgan fingerprint density at radius 1 is 0.865 bits per heavy atom. The summed E-state index contributed by atoms with van der Waals surface area (Å²) in [5.41, 5.74) is 3.54. The number of benzene rings is 3. The van der Waals surface area contributed by atoms with Gasteiger partial charge in [0.2, 0.25) is 5.75 Å². The van der Waals surface area contributed by atoms with Crippen molar-refractivity contribution in [2.45, 2.75) is 12.2 Å². The van der Waals surface area contributed by atoms with Gasteiger partial charge in [-0.05, 0) is 48.0 Å². The second-order valence-corrected chi connectivity index (χ2v) is 8.78. The molecule has 0 saturated heterocycles. The van der Waals surface area contributed by atoms with Crippen LogP contribution in [-0.2, 0) is 21.7 Å². The van der Waals surface area contributed by atoms with E-state index >= 15 is 0 Å². The molecular formula is C27H24N2O7S. The van der Waals surface area contributed by atoms with Gasteiger partial charge < -0.3 is 28.8 Å². The molecule has 0 amide bonds. The topological polar surface area (TPSA) is 109 Å². The highest BCUT2D eigenvalue weighted by Crippen LogP contribution is 2.48. The van der Waals surface area contributed by atoms with Crippen molar-refractivity contribution in [3.05, 3.63) is 76.9 Å². The van der Waals surface area contributed by atoms with Gasteiger partial charge in [-0.3, -0.25) is 0 Å². The zero-order chi connectivity index (χ0) is 26.2. The third-order valence-corrected chi connectivity index (χ3v) is 6.89. The van der Waals surface area contributed by atoms with Crippen molar-refractivity contribution < 1.29 is 33.6 Å². The van der Waals surface area contributed by atoms with Crippen molar-refractivity contribution >= 4 is 34.3 Å². The van der Waals surface area contributed by atoms with Gasteiger partial charge >= 0.3 is 5.97 Å². The van der Waals surface area contributed by atoms with Gasteiger partial charge in [-0.15, -0.1) is 0 Å². The van der Waals surface area contributed by atoms with Crippen LogP contribution in [0.2, 0.25) is 0 Å². The largest absolute Gasteiger partial charge is 0.497 e. The summed E-state index contributed by atoms with van der Waals surface area (Å²) in [6.07, 6.45) is 0.112. The number of nitrogens with zero attached hydrogens (tertiary/aromatic N) is 2. The first-order chi connectivity index (χ1) is 17.9. The number of esters is 1. The predicted octanol–water partition coefficient (Wildman–Crippen LogP) is 4.12. The highest BCUT2D eigenvalue weighted by atomic mass is 32.1. The summed E-state index contributed by atoms with van der Waals surface area (Å²) in [4.78, 5) is 13.4. The maximum Gasteiger partial charge on any atom is 0.342 e. The number of hydrogen-bond donors (Lipinski definition) is 1. The molecule has 2 heterocycles. The number of carbonyl (C=O) groups is 1. The standard InChI is InChI=1S/C27H24N2O7S/c1-32-18-9-7-17(8-10-18)27(31)19(13-16-6-12-22(33-2)25(35-4)24(16)34-3)23(26(30)36-27)15-5-11-20-21(14-15)29-37-28-20/h5-12,14,31H,13H2,1-4H3. The molecule has 0 fully saturated rings. The number of aliphatic hydroxyl groups is 1. The molecule has 1 aliphatic rings. The van der Waals surface area contributed by atoms with Crippen LogP contribution in [0.4, 0.5) is 0 Å². The fourth-order valence-corrected chi connectivity index (χ4v) is 5.04. The number of fused-ring (bicyclic) bond motifs is 1. The molecule has 3 aromatic carbocycles. The molecule has 190 valence electrons. The van der Waals surface area contributed by atoms with Crippen molar-refractivity contribution in [2.24, 2.45) is 0 Å². The fraction of sp³-hybridized carbons (Fsp3) is 0.222. The molecule has 1 unspecified atom stereocenters. The molecule has 0 aliphatic carbocycles. The Morgan fingerprint density at radius 2 is 1.59 bits per heavy atom. The average molecular weight is 521 g/mol. The molecule has 1 N–H and O–H groups in total. The Kier molecular flexibility index (Phi) is 6.45. The molecule has 0 radical (unpaired) electrons. The molecular weight excluding hydrogens is 496 g/mol. The Balaban J connectivity index is 1.72. The van der Waals surface area contributed by atoms with Crippen molar-refractivity contribution in [2.75, 3.05) is 28.4 Å². The van der Waals surface area contributed by atoms with Crippen molar-refractivity contribution in [1.82, 2.24) is 8.75 Å². The van der Waals surface area contributed by atoms with Gasteiger partial charge in [0.1, 0.15) is 16.8 Å². The van der Waals surface area contributed by atoms with Crippen LogP contribution in [0.25, 0.3) is 16.6 Å². The molecule has 0 saturated carbocycles. The van der Waals surface area contributed by atoms with E-state index < -0.39 is 11.8 Å². The smallest absolute Gasteiger partial charge is 0.342 e. The first kappa shape index (κ1) is 24.5. The van der Waals surface area contributed by atoms with Gasteiger partial charge in [-0.2, -0.15) is 8.75 Å². The average Bonchev–Trinajstić information content (AvgIpc) is 3.49. The summed E-state index contributed by atoms with van der Waals surface area (Å²) in [7, 11) is 6.12. The highest BCUT2D eigenvalue weighted by molar-refractivity contribution is 7.00. The van der Waals surface area contributed by atoms with Gasteiger partial charge in [-0.25, -0.2) is 4.79 Å². The number of hydrogen-bond acceptors (Lipinski definition) is 10. The molecule has 0 bridgehead atoms. The lowest BCUT2D eigenvalue weighted by Gasteiger charge is -2.26. The Labute approximate surface area is 217 Å². The van der Waals surface area contributed by atoms with E-state index in [1.54, 1.807) is 61.7 Å². The maximum atomic E-state index is 13.4. The zero-order valence-corrected chi connectivity index (χ0v) is 21.4. The number of ether oxygens (including phenoxy) is 5. The highest BCUT2D eigenvalue weighted by Gasteiger charge is 2.48. The molecule has 1 atom stereocenters. The van der Waals surface area contributed by atoms with E-state index in [0.29, 0.717) is 56.3 Å². The lowest BCUT2D eigenvalue weighted by molar-refractivity contribution is -0.185. The van der Waals surface area contributed by atoms with Crippen molar-refractivity contribution in [3.8, 4) is 23.0 Å². The van der Waals surface area contributed by atoms with Crippen LogP contribution in [-0.4, -0.2) is 48.3 Å². The maximum absolute atomic E-state index is 13.4. The molecule has 4 aromatic rings. The fourth-order valence-electron chi connectivity index (χ4n) is 4.52. The van der Waals surface area contributed by atoms with E-state index in [4.69, 9.17) is 23.7 Å². The van der Waals surface area contributed by atoms with E-state index in [1.165, 1.54) is 21.3 Å². The van der Waals surface area contributed by atoms with Gasteiger partial charge in [0, 0.05) is 23.1 Å². The monoisotopic (exact) mass is 520 g/mol. The van der Waals surface area contributed by atoms with E-state index in [2.05, 4.69) is 8.75 Å². The molecule has 9 nitrogen and oxygen atoms in total. The number of methoxy groups -OCH3 is 4. The third kappa shape index (κ3) is 4.13. The van der Waals surface area contributed by atoms with Crippen LogP contribution >= 0.6 is 11.7 Å². The Morgan fingerprint density at radius 3 is 2.27 bits per heavy atom. The summed E-state index contributed by atoms with van der Waals surface area (Å²) in [6, 6.07) is 15.6. The predicted molar refractivity (Wildman–Crippen MR) is 137 cm³/mol. The normalized spacial score (nSPS) is 17.2. The quantitative estimate of drug-likeness (QED) is 0.343. The summed E-state index contributed by atoms with van der Waals surface area (Å²) in [5.74, 6) is -0.780. The van der Waals surface area contributed by atoms with E-state index in [0.717, 1.165) is 11.7 Å². The molecule has 1 aliphatic heterocycles. The molecule has 5 rings (SSSR count). The number of rotatable bonds is 8. The van der Waals surface area contributed by atoms with E-state index in [1.807, 2.05) is 0 Å². The molecule has 1 aromatic heterocycles. The first-order valence-electron chi connectivity index (χ1n) is 11.3. The minimum atomic E-state index is -2.04. The minimum absolute atomic E-state index is 0.112. The van der Waals surface area contributed by atoms with Gasteiger partial charge in [0.05, 0.1) is 45.7 Å². The lowest BCUT2D eigenvalue weighted by atomic mass is 9.87. The van der Waals surface area contributed by atoms with E-state index in [-0.39, 0.29) is 12.0 Å². The Hall–Kier alpha value is -4.15. The summed E-state index contributed by atoms with van der Waals surface area (Å²) < 4.78 is 36.1. The molecule has 37 heavy (non-hydrogen) atoms. The summed E-state index contributed by atoms with van der Waals surface area (Å²) in [6.45, 7) is 0. The van der Waals surface area contributed by atoms with Crippen molar-refractivity contribution in [3.63, 3.8) is 0 Å². The van der Waals surface area contributed by atoms with Crippen LogP contribution in [0.3, 0.4) is 0 Å². The zero-order valence-electron chi connectivity index (χ0n) is 20.6. The number of aromatic nitrogens is 2. The van der Waals surface area contributed by atoms with Gasteiger partial charge in [-0.1, -0.05) is 12.1 Å². The minimum Gasteiger partial charge on any atom is -0.497 e. The van der Waals surface area contributed by atoms with Crippen LogP contribution < -0.4 is 18.9 Å². The van der Waals surface area contributed by atoms with Crippen LogP contribution in [0, 0.1) is 0 Å². The van der Waals surface area contributed by atoms with Crippen LogP contribution in [0.1, 0.15) is 16.7 Å². The summed E-state index contributed by atoms with van der Waals surface area (Å²) >= 11 is 1.09. The second kappa shape index (κ2) is 9.72. The number of cyclic esters (lactones) is 1. The molecule has 0 spiro atoms. The van der Waals surface area contributed by atoms with Crippen molar-refractivity contribution in [1.29, 1.82) is 0 Å². The lowest BCUT2D eigenvalue weighted by Crippen LogP contribution is -2.29. The first-order valence-corrected chi connectivity index (χ1v) is 12.0. The van der Waals surface area contributed by atoms with Crippen LogP contribution in [0.15, 0.2) is 60.2 Å². The SMILES string of the molecule is COc1ccc(C2(O)OC(=O)C(c3ccc4nsnc4c3)=C2Cc2ccc(OC)c(OC)c2OC)cc1. The van der Waals surface area contributed by atoms with E-state index in [9.17, 15) is 9.90 Å². The van der Waals surface area contributed by atoms with Crippen LogP contribution in [0.5, 0.6) is 23.0 Å². The summed E-state index contributed by atoms with van der Waals surface area (Å²) in [5, 5.41) is 11.9.